The van der Waals surface area contributed by atoms with E-state index in [1.54, 1.807) is 0 Å². The molecule has 18 heavy (non-hydrogen) atoms. The van der Waals surface area contributed by atoms with Crippen LogP contribution in [0.2, 0.25) is 0 Å². The van der Waals surface area contributed by atoms with Crippen LogP contribution in [0.15, 0.2) is 12.7 Å². The third kappa shape index (κ3) is 1.86. The highest BCUT2D eigenvalue weighted by Gasteiger charge is 2.34. The van der Waals surface area contributed by atoms with Crippen molar-refractivity contribution < 1.29 is 4.74 Å². The van der Waals surface area contributed by atoms with Crippen molar-refractivity contribution in [1.29, 1.82) is 0 Å². The second-order valence-electron chi connectivity index (χ2n) is 4.93. The Bertz CT molecular complexity index is 548. The topological polar surface area (TPSA) is 41.1 Å². The Hall–Kier alpha value is -1.55. The summed E-state index contributed by atoms with van der Waals surface area (Å²) < 4.78 is 5.86. The molecule has 3 rings (SSSR count). The molecule has 4 nitrogen and oxygen atoms in total. The number of nitrogens with zero attached hydrogens (tertiary/aromatic N) is 2. The number of fused-ring (bicyclic) bond motifs is 2. The van der Waals surface area contributed by atoms with Gasteiger partial charge < -0.3 is 9.64 Å². The molecule has 0 saturated carbocycles. The van der Waals surface area contributed by atoms with Gasteiger partial charge in [0.05, 0.1) is 17.6 Å². The van der Waals surface area contributed by atoms with Crippen LogP contribution < -0.4 is 15.5 Å². The number of aromatic amines is 1. The molecule has 2 fully saturated rings. The van der Waals surface area contributed by atoms with Crippen molar-refractivity contribution in [2.45, 2.75) is 32.0 Å². The summed E-state index contributed by atoms with van der Waals surface area (Å²) >= 11 is 0. The number of anilines is 1. The Morgan fingerprint density at radius 1 is 1.39 bits per heavy atom. The normalized spacial score (nSPS) is 29.1. The Kier molecular flexibility index (Phi) is 2.96. The van der Waals surface area contributed by atoms with E-state index in [1.807, 2.05) is 25.2 Å². The summed E-state index contributed by atoms with van der Waals surface area (Å²) in [5.74, 6) is 1.03. The molecule has 0 spiro atoms. The number of hydrogen-bond donors (Lipinski definition) is 1. The molecule has 0 radical (unpaired) electrons. The average Bonchev–Trinajstić information content (AvgIpc) is 2.93. The lowest BCUT2D eigenvalue weighted by Crippen LogP contribution is -2.45. The minimum Gasteiger partial charge on any atom is -0.371 e. The fourth-order valence-corrected chi connectivity index (χ4v) is 2.89. The second kappa shape index (κ2) is 4.61. The predicted molar refractivity (Wildman–Crippen MR) is 72.7 cm³/mol. The maximum atomic E-state index is 5.86. The number of aromatic nitrogens is 2. The lowest BCUT2D eigenvalue weighted by Gasteiger charge is -2.32. The van der Waals surface area contributed by atoms with E-state index < -0.39 is 0 Å². The van der Waals surface area contributed by atoms with Crippen LogP contribution in [-0.2, 0) is 4.74 Å². The molecule has 3 heterocycles. The van der Waals surface area contributed by atoms with E-state index in [1.165, 1.54) is 12.8 Å². The van der Waals surface area contributed by atoms with Gasteiger partial charge in [-0.25, -0.2) is 0 Å². The lowest BCUT2D eigenvalue weighted by molar-refractivity contribution is 0.0302. The number of hydrogen-bond acceptors (Lipinski definition) is 3. The molecule has 4 heteroatoms. The van der Waals surface area contributed by atoms with Crippen molar-refractivity contribution in [3.63, 3.8) is 0 Å². The largest absolute Gasteiger partial charge is 0.371 e. The second-order valence-corrected chi connectivity index (χ2v) is 4.93. The first-order chi connectivity index (χ1) is 8.81. The van der Waals surface area contributed by atoms with Crippen molar-refractivity contribution in [3.05, 3.63) is 23.2 Å². The number of morpholine rings is 1. The number of nitrogens with one attached hydrogen (secondary N) is 1. The zero-order valence-corrected chi connectivity index (χ0v) is 10.7. The van der Waals surface area contributed by atoms with Crippen LogP contribution in [0, 0.1) is 0 Å². The predicted octanol–water partition coefficient (Wildman–Crippen LogP) is 0.544. The standard InChI is InChI=1S/C14H19N3O/c1-3-5-12-13(4-2)15-16-14(12)17-8-10-6-7-11(9-17)18-10/h3-5,10-11,15H,1,6-9H2,2H3/b12-5+,13-4+. The van der Waals surface area contributed by atoms with Gasteiger partial charge in [0, 0.05) is 18.3 Å². The molecule has 2 aliphatic rings. The minimum absolute atomic E-state index is 0.381. The first-order valence-corrected chi connectivity index (χ1v) is 6.55. The molecule has 0 aromatic carbocycles. The van der Waals surface area contributed by atoms with E-state index in [0.29, 0.717) is 12.2 Å². The van der Waals surface area contributed by atoms with Gasteiger partial charge in [0.1, 0.15) is 0 Å². The maximum Gasteiger partial charge on any atom is 0.158 e. The van der Waals surface area contributed by atoms with Crippen molar-refractivity contribution in [2.24, 2.45) is 0 Å². The molecule has 0 aliphatic carbocycles. The van der Waals surface area contributed by atoms with Gasteiger partial charge in [0.2, 0.25) is 0 Å². The van der Waals surface area contributed by atoms with Crippen molar-refractivity contribution in [3.8, 4) is 0 Å². The van der Waals surface area contributed by atoms with Crippen LogP contribution in [0.5, 0.6) is 0 Å². The maximum absolute atomic E-state index is 5.86. The van der Waals surface area contributed by atoms with Crippen molar-refractivity contribution in [1.82, 2.24) is 10.2 Å². The molecule has 2 unspecified atom stereocenters. The van der Waals surface area contributed by atoms with Crippen molar-refractivity contribution >= 4 is 18.0 Å². The smallest absolute Gasteiger partial charge is 0.158 e. The third-order valence-corrected chi connectivity index (χ3v) is 3.73. The van der Waals surface area contributed by atoms with E-state index in [4.69, 9.17) is 4.74 Å². The fourth-order valence-electron chi connectivity index (χ4n) is 2.89. The molecule has 1 N–H and O–H groups in total. The van der Waals surface area contributed by atoms with Crippen molar-refractivity contribution in [2.75, 3.05) is 18.0 Å². The summed E-state index contributed by atoms with van der Waals surface area (Å²) in [4.78, 5) is 2.34. The van der Waals surface area contributed by atoms with Crippen LogP contribution in [0.3, 0.4) is 0 Å². The number of ether oxygens (including phenoxy) is 1. The quantitative estimate of drug-likeness (QED) is 0.827. The summed E-state index contributed by atoms with van der Waals surface area (Å²) in [5.41, 5.74) is 0. The summed E-state index contributed by atoms with van der Waals surface area (Å²) in [7, 11) is 0. The van der Waals surface area contributed by atoms with Gasteiger partial charge in [0.25, 0.3) is 0 Å². The van der Waals surface area contributed by atoms with E-state index in [2.05, 4.69) is 21.7 Å². The molecular formula is C14H19N3O. The molecule has 1 aromatic heterocycles. The minimum atomic E-state index is 0.381. The van der Waals surface area contributed by atoms with Crippen LogP contribution >= 0.6 is 0 Å². The first-order valence-electron chi connectivity index (χ1n) is 6.55. The van der Waals surface area contributed by atoms with Crippen LogP contribution in [0.4, 0.5) is 5.82 Å². The van der Waals surface area contributed by atoms with E-state index in [9.17, 15) is 0 Å². The summed E-state index contributed by atoms with van der Waals surface area (Å²) in [6, 6.07) is 0. The lowest BCUT2D eigenvalue weighted by atomic mass is 10.2. The molecule has 2 aliphatic heterocycles. The van der Waals surface area contributed by atoms with E-state index in [0.717, 1.165) is 29.5 Å². The molecule has 2 atom stereocenters. The Morgan fingerprint density at radius 3 is 2.72 bits per heavy atom. The molecule has 1 aromatic rings. The number of H-pyrrole nitrogens is 1. The SMILES string of the molecule is C=C/C=c1/c(N2CC3CCC(C2)O3)n[nH]/c1=C/C. The van der Waals surface area contributed by atoms with Crippen LogP contribution in [0.25, 0.3) is 12.2 Å². The van der Waals surface area contributed by atoms with Gasteiger partial charge in [-0.3, -0.25) is 5.10 Å². The van der Waals surface area contributed by atoms with Gasteiger partial charge >= 0.3 is 0 Å². The molecule has 96 valence electrons. The van der Waals surface area contributed by atoms with Gasteiger partial charge in [-0.1, -0.05) is 18.7 Å². The van der Waals surface area contributed by atoms with Crippen LogP contribution in [0.1, 0.15) is 19.8 Å². The fraction of sp³-hybridized carbons (Fsp3) is 0.500. The van der Waals surface area contributed by atoms with E-state index >= 15 is 0 Å². The zero-order valence-electron chi connectivity index (χ0n) is 10.7. The highest BCUT2D eigenvalue weighted by Crippen LogP contribution is 2.27. The molecule has 2 saturated heterocycles. The Labute approximate surface area is 107 Å². The number of rotatable bonds is 2. The molecule has 2 bridgehead atoms. The van der Waals surface area contributed by atoms with E-state index in [-0.39, 0.29) is 0 Å². The van der Waals surface area contributed by atoms with Crippen LogP contribution in [-0.4, -0.2) is 35.5 Å². The first kappa shape index (κ1) is 11.5. The summed E-state index contributed by atoms with van der Waals surface area (Å²) in [6.07, 6.45) is 9.00. The third-order valence-electron chi connectivity index (χ3n) is 3.73. The van der Waals surface area contributed by atoms with Gasteiger partial charge in [-0.05, 0) is 25.8 Å². The van der Waals surface area contributed by atoms with Gasteiger partial charge in [0.15, 0.2) is 5.82 Å². The molecule has 0 amide bonds. The summed E-state index contributed by atoms with van der Waals surface area (Å²) in [5, 5.41) is 9.74. The highest BCUT2D eigenvalue weighted by atomic mass is 16.5. The Balaban J connectivity index is 2.00. The number of allylic oxidation sites excluding steroid dienone is 1. The van der Waals surface area contributed by atoms with Gasteiger partial charge in [-0.2, -0.15) is 5.10 Å². The summed E-state index contributed by atoms with van der Waals surface area (Å²) in [6.45, 7) is 7.69. The average molecular weight is 245 g/mol. The van der Waals surface area contributed by atoms with Gasteiger partial charge in [-0.15, -0.1) is 0 Å². The monoisotopic (exact) mass is 245 g/mol. The Morgan fingerprint density at radius 2 is 2.11 bits per heavy atom. The zero-order chi connectivity index (χ0) is 12.5. The highest BCUT2D eigenvalue weighted by molar-refractivity contribution is 5.50. The molecular weight excluding hydrogens is 226 g/mol.